The van der Waals surface area contributed by atoms with Gasteiger partial charge >= 0.3 is 57.4 Å². The van der Waals surface area contributed by atoms with Gasteiger partial charge in [-0.05, 0) is 18.2 Å². The first kappa shape index (κ1) is 16.0. The van der Waals surface area contributed by atoms with Crippen LogP contribution in [0.5, 0.6) is 5.75 Å². The fourth-order valence-electron chi connectivity index (χ4n) is 1.01. The molecule has 0 aromatic heterocycles. The zero-order chi connectivity index (χ0) is 11.6. The molecule has 0 aliphatic heterocycles. The van der Waals surface area contributed by atoms with Crippen molar-refractivity contribution in [1.29, 1.82) is 0 Å². The summed E-state index contributed by atoms with van der Waals surface area (Å²) in [5.74, 6) is -1.42. The number of hydrogen-bond donors (Lipinski definition) is 2. The zero-order valence-electron chi connectivity index (χ0n) is 9.67. The Bertz CT molecular complexity index is 501. The van der Waals surface area contributed by atoms with Crippen molar-refractivity contribution in [2.24, 2.45) is 0 Å². The van der Waals surface area contributed by atoms with Crippen LogP contribution in [0.2, 0.25) is 0 Å². The molecule has 0 aliphatic rings. The number of carboxylic acids is 1. The van der Waals surface area contributed by atoms with Gasteiger partial charge in [-0.25, -0.2) is 4.79 Å². The Morgan fingerprint density at radius 2 is 2.00 bits per heavy atom. The maximum Gasteiger partial charge on any atom is 1.00 e. The van der Waals surface area contributed by atoms with E-state index in [1.54, 1.807) is 0 Å². The fourth-order valence-corrected chi connectivity index (χ4v) is 1.65. The van der Waals surface area contributed by atoms with Crippen LogP contribution >= 0.6 is 0 Å². The van der Waals surface area contributed by atoms with E-state index in [0.717, 1.165) is 18.2 Å². The van der Waals surface area contributed by atoms with E-state index in [2.05, 4.69) is 4.74 Å². The molecular weight excluding hydrogens is 263 g/mol. The van der Waals surface area contributed by atoms with Gasteiger partial charge in [-0.3, -0.25) is 4.55 Å². The van der Waals surface area contributed by atoms with Crippen LogP contribution < -0.4 is 56.1 Å². The molecule has 0 amide bonds. The van der Waals surface area contributed by atoms with Gasteiger partial charge in [0.05, 0.1) is 12.7 Å². The summed E-state index contributed by atoms with van der Waals surface area (Å²) in [6.45, 7) is 0. The molecule has 0 spiro atoms. The van der Waals surface area contributed by atoms with Gasteiger partial charge in [-0.15, -0.1) is 0 Å². The van der Waals surface area contributed by atoms with Crippen LogP contribution in [-0.4, -0.2) is 31.2 Å². The van der Waals surface area contributed by atoms with E-state index in [1.807, 2.05) is 0 Å². The Kier molecular flexibility index (Phi) is 6.11. The van der Waals surface area contributed by atoms with Crippen LogP contribution in [0.25, 0.3) is 0 Å². The number of rotatable bonds is 3. The van der Waals surface area contributed by atoms with Gasteiger partial charge in [0, 0.05) is 0 Å². The maximum atomic E-state index is 10.8. The van der Waals surface area contributed by atoms with E-state index in [4.69, 9.17) is 9.66 Å². The van der Waals surface area contributed by atoms with Crippen LogP contribution in [0, 0.1) is 0 Å². The summed E-state index contributed by atoms with van der Waals surface area (Å²) in [5.41, 5.74) is -0.126. The molecular formula is C8H9KO6S. The molecule has 1 aromatic carbocycles. The number of hydrogen-bond acceptors (Lipinski definition) is 4. The monoisotopic (exact) mass is 272 g/mol. The minimum absolute atomic E-state index is 0. The molecule has 8 heteroatoms. The third-order valence-corrected chi connectivity index (χ3v) is 2.58. The largest absolute Gasteiger partial charge is 1.00 e. The molecule has 0 unspecified atom stereocenters. The molecule has 0 radical (unpaired) electrons. The minimum atomic E-state index is -4.41. The second-order valence-electron chi connectivity index (χ2n) is 2.65. The van der Waals surface area contributed by atoms with Crippen molar-refractivity contribution >= 4 is 16.1 Å². The summed E-state index contributed by atoms with van der Waals surface area (Å²) >= 11 is 0. The second kappa shape index (κ2) is 6.10. The van der Waals surface area contributed by atoms with Gasteiger partial charge in [0.2, 0.25) is 0 Å². The SMILES string of the molecule is COc1cc(C(=O)O)ccc1S(=O)(=O)O.[H-].[K+]. The molecule has 0 heterocycles. The summed E-state index contributed by atoms with van der Waals surface area (Å²) < 4.78 is 35.1. The van der Waals surface area contributed by atoms with Crippen LogP contribution in [0.3, 0.4) is 0 Å². The first-order chi connectivity index (χ1) is 6.86. The molecule has 1 rings (SSSR count). The topological polar surface area (TPSA) is 101 Å². The predicted molar refractivity (Wildman–Crippen MR) is 50.9 cm³/mol. The molecule has 16 heavy (non-hydrogen) atoms. The number of carboxylic acid groups (broad SMARTS) is 1. The van der Waals surface area contributed by atoms with E-state index in [9.17, 15) is 13.2 Å². The van der Waals surface area contributed by atoms with Crippen molar-refractivity contribution < 1.29 is 80.4 Å². The molecule has 1 aromatic rings. The molecule has 0 aliphatic carbocycles. The van der Waals surface area contributed by atoms with E-state index >= 15 is 0 Å². The Morgan fingerprint density at radius 3 is 2.38 bits per heavy atom. The molecule has 0 saturated heterocycles. The second-order valence-corrected chi connectivity index (χ2v) is 4.04. The first-order valence-electron chi connectivity index (χ1n) is 3.75. The molecule has 0 bridgehead atoms. The van der Waals surface area contributed by atoms with Crippen LogP contribution in [0.1, 0.15) is 11.8 Å². The molecule has 6 nitrogen and oxygen atoms in total. The average Bonchev–Trinajstić information content (AvgIpc) is 2.15. The standard InChI is InChI=1S/C8H8O6S.K.H/c1-14-6-4-5(8(9)10)2-3-7(6)15(11,12)13;;/h2-4H,1H3,(H,9,10)(H,11,12,13);;/q;+1;-1. The van der Waals surface area contributed by atoms with Gasteiger partial charge in [0.15, 0.2) is 0 Å². The minimum Gasteiger partial charge on any atom is -1.00 e. The molecule has 84 valence electrons. The molecule has 0 saturated carbocycles. The first-order valence-corrected chi connectivity index (χ1v) is 5.19. The van der Waals surface area contributed by atoms with Crippen molar-refractivity contribution in [2.75, 3.05) is 7.11 Å². The smallest absolute Gasteiger partial charge is 1.00 e. The molecule has 0 fully saturated rings. The maximum absolute atomic E-state index is 10.8. The molecule has 2 N–H and O–H groups in total. The Balaban J connectivity index is 0. The van der Waals surface area contributed by atoms with Crippen molar-refractivity contribution in [3.05, 3.63) is 23.8 Å². The van der Waals surface area contributed by atoms with Crippen LogP contribution in [0.15, 0.2) is 23.1 Å². The number of carbonyl (C=O) groups is 1. The Hall–Kier alpha value is 0.0364. The van der Waals surface area contributed by atoms with E-state index in [0.29, 0.717) is 0 Å². The Morgan fingerprint density at radius 1 is 1.44 bits per heavy atom. The van der Waals surface area contributed by atoms with Crippen molar-refractivity contribution in [3.63, 3.8) is 0 Å². The number of ether oxygens (including phenoxy) is 1. The number of aromatic carboxylic acids is 1. The van der Waals surface area contributed by atoms with Crippen molar-refractivity contribution in [3.8, 4) is 5.75 Å². The third kappa shape index (κ3) is 3.81. The van der Waals surface area contributed by atoms with E-state index in [1.165, 1.54) is 7.11 Å². The van der Waals surface area contributed by atoms with Crippen molar-refractivity contribution in [1.82, 2.24) is 0 Å². The van der Waals surface area contributed by atoms with E-state index < -0.39 is 21.0 Å². The van der Waals surface area contributed by atoms with Gasteiger partial charge in [0.1, 0.15) is 10.6 Å². The summed E-state index contributed by atoms with van der Waals surface area (Å²) in [5, 5.41) is 8.63. The molecule has 0 atom stereocenters. The van der Waals surface area contributed by atoms with Gasteiger partial charge in [-0.2, -0.15) is 8.42 Å². The van der Waals surface area contributed by atoms with Gasteiger partial charge in [0.25, 0.3) is 10.1 Å². The fraction of sp³-hybridized carbons (Fsp3) is 0.125. The summed E-state index contributed by atoms with van der Waals surface area (Å²) in [4.78, 5) is 10.1. The van der Waals surface area contributed by atoms with Gasteiger partial charge in [-0.1, -0.05) is 0 Å². The van der Waals surface area contributed by atoms with Gasteiger partial charge < -0.3 is 11.3 Å². The predicted octanol–water partition coefficient (Wildman–Crippen LogP) is -2.24. The summed E-state index contributed by atoms with van der Waals surface area (Å²) in [7, 11) is -3.23. The quantitative estimate of drug-likeness (QED) is 0.476. The summed E-state index contributed by atoms with van der Waals surface area (Å²) in [6.07, 6.45) is 0. The van der Waals surface area contributed by atoms with E-state index in [-0.39, 0.29) is 64.1 Å². The normalized spacial score (nSPS) is 10.4. The number of benzene rings is 1. The average molecular weight is 272 g/mol. The summed E-state index contributed by atoms with van der Waals surface area (Å²) in [6, 6.07) is 3.05. The van der Waals surface area contributed by atoms with Crippen LogP contribution in [0.4, 0.5) is 0 Å². The third-order valence-electron chi connectivity index (χ3n) is 1.69. The Labute approximate surface area is 136 Å². The van der Waals surface area contributed by atoms with Crippen LogP contribution in [-0.2, 0) is 10.1 Å². The van der Waals surface area contributed by atoms with Crippen molar-refractivity contribution in [2.45, 2.75) is 4.90 Å². The number of methoxy groups -OCH3 is 1. The zero-order valence-corrected chi connectivity index (χ0v) is 12.6.